The molecule has 0 radical (unpaired) electrons. The summed E-state index contributed by atoms with van der Waals surface area (Å²) in [4.78, 5) is 0. The summed E-state index contributed by atoms with van der Waals surface area (Å²) in [6.07, 6.45) is 0. The Morgan fingerprint density at radius 3 is 2.00 bits per heavy atom. The van der Waals surface area contributed by atoms with Crippen molar-refractivity contribution in [3.05, 3.63) is 30.3 Å². The van der Waals surface area contributed by atoms with Gasteiger partial charge in [-0.3, -0.25) is 0 Å². The van der Waals surface area contributed by atoms with Crippen LogP contribution >= 0.6 is 0 Å². The molecule has 0 aliphatic heterocycles. The summed E-state index contributed by atoms with van der Waals surface area (Å²) in [5, 5.41) is 19.2. The van der Waals surface area contributed by atoms with Gasteiger partial charge >= 0.3 is 0 Å². The highest BCUT2D eigenvalue weighted by molar-refractivity contribution is 5.88. The van der Waals surface area contributed by atoms with Gasteiger partial charge in [0, 0.05) is 11.3 Å². The zero-order chi connectivity index (χ0) is 12.6. The van der Waals surface area contributed by atoms with Crippen molar-refractivity contribution in [3.63, 3.8) is 0 Å². The lowest BCUT2D eigenvalue weighted by Gasteiger charge is -2.11. The van der Waals surface area contributed by atoms with Crippen molar-refractivity contribution < 1.29 is 10.2 Å². The summed E-state index contributed by atoms with van der Waals surface area (Å²) in [5.74, 6) is -0.514. The lowest BCUT2D eigenvalue weighted by molar-refractivity contribution is 0.457. The number of nitrogen functional groups attached to an aromatic ring is 3. The topological polar surface area (TPSA) is 119 Å². The summed E-state index contributed by atoms with van der Waals surface area (Å²) in [6, 6.07) is 8.32. The average molecular weight is 231 g/mol. The molecule has 8 N–H and O–H groups in total. The molecule has 5 nitrogen and oxygen atoms in total. The number of aromatic hydroxyl groups is 2. The Morgan fingerprint density at radius 1 is 0.824 bits per heavy atom. The molecule has 5 heteroatoms. The first-order chi connectivity index (χ1) is 8.00. The second-order valence-corrected chi connectivity index (χ2v) is 3.74. The second-order valence-electron chi connectivity index (χ2n) is 3.74. The van der Waals surface area contributed by atoms with E-state index in [-0.39, 0.29) is 22.9 Å². The molecule has 0 spiro atoms. The average Bonchev–Trinajstić information content (AvgIpc) is 2.32. The van der Waals surface area contributed by atoms with E-state index in [9.17, 15) is 10.2 Å². The fraction of sp³-hybridized carbons (Fsp3) is 0. The molecule has 0 aliphatic carbocycles. The van der Waals surface area contributed by atoms with Crippen molar-refractivity contribution in [2.75, 3.05) is 17.2 Å². The molecule has 0 atom stereocenters. The molecule has 0 heterocycles. The van der Waals surface area contributed by atoms with E-state index in [0.717, 1.165) is 5.56 Å². The smallest absolute Gasteiger partial charge is 0.166 e. The number of anilines is 3. The molecule has 0 fully saturated rings. The van der Waals surface area contributed by atoms with Crippen molar-refractivity contribution in [3.8, 4) is 22.6 Å². The van der Waals surface area contributed by atoms with E-state index in [0.29, 0.717) is 11.3 Å². The van der Waals surface area contributed by atoms with E-state index in [1.807, 2.05) is 0 Å². The maximum Gasteiger partial charge on any atom is 0.166 e. The maximum absolute atomic E-state index is 9.65. The molecule has 2 aromatic carbocycles. The molecular weight excluding hydrogens is 218 g/mol. The summed E-state index contributed by atoms with van der Waals surface area (Å²) in [6.45, 7) is 0. The standard InChI is InChI=1S/C12H13N3O2/c13-7-3-1-6(2-4-7)8-5-9(16)11(15)12(17)10(8)14/h1-5,16-17H,13-15H2. The van der Waals surface area contributed by atoms with Gasteiger partial charge in [-0.05, 0) is 23.8 Å². The number of rotatable bonds is 1. The van der Waals surface area contributed by atoms with E-state index in [4.69, 9.17) is 17.2 Å². The Balaban J connectivity index is 2.64. The van der Waals surface area contributed by atoms with Crippen LogP contribution in [0.2, 0.25) is 0 Å². The van der Waals surface area contributed by atoms with Crippen molar-refractivity contribution in [2.45, 2.75) is 0 Å². The minimum Gasteiger partial charge on any atom is -0.506 e. The van der Waals surface area contributed by atoms with Gasteiger partial charge in [-0.15, -0.1) is 0 Å². The first-order valence-corrected chi connectivity index (χ1v) is 4.96. The lowest BCUT2D eigenvalue weighted by Crippen LogP contribution is -1.96. The molecule has 0 aromatic heterocycles. The number of hydrogen-bond acceptors (Lipinski definition) is 5. The van der Waals surface area contributed by atoms with Gasteiger partial charge in [0.2, 0.25) is 0 Å². The third kappa shape index (κ3) is 1.78. The van der Waals surface area contributed by atoms with E-state index in [1.54, 1.807) is 24.3 Å². The number of hydrogen-bond donors (Lipinski definition) is 5. The predicted molar refractivity (Wildman–Crippen MR) is 68.4 cm³/mol. The summed E-state index contributed by atoms with van der Waals surface area (Å²) in [5.41, 5.74) is 18.7. The van der Waals surface area contributed by atoms with Gasteiger partial charge in [0.15, 0.2) is 5.75 Å². The Hall–Kier alpha value is -2.56. The maximum atomic E-state index is 9.65. The summed E-state index contributed by atoms with van der Waals surface area (Å²) >= 11 is 0. The quantitative estimate of drug-likeness (QED) is 0.289. The second kappa shape index (κ2) is 3.79. The van der Waals surface area contributed by atoms with Crippen LogP contribution in [0.3, 0.4) is 0 Å². The molecular formula is C12H13N3O2. The van der Waals surface area contributed by atoms with Crippen LogP contribution in [0.1, 0.15) is 0 Å². The van der Waals surface area contributed by atoms with Crippen molar-refractivity contribution >= 4 is 17.1 Å². The first kappa shape index (κ1) is 10.9. The number of benzene rings is 2. The highest BCUT2D eigenvalue weighted by Gasteiger charge is 2.13. The zero-order valence-corrected chi connectivity index (χ0v) is 9.01. The molecule has 88 valence electrons. The van der Waals surface area contributed by atoms with E-state index in [2.05, 4.69) is 0 Å². The highest BCUT2D eigenvalue weighted by atomic mass is 16.3. The minimum absolute atomic E-state index is 0.123. The van der Waals surface area contributed by atoms with Crippen molar-refractivity contribution in [2.24, 2.45) is 0 Å². The van der Waals surface area contributed by atoms with E-state index in [1.165, 1.54) is 6.07 Å². The normalized spacial score (nSPS) is 10.4. The zero-order valence-electron chi connectivity index (χ0n) is 9.01. The van der Waals surface area contributed by atoms with Crippen LogP contribution in [0, 0.1) is 0 Å². The highest BCUT2D eigenvalue weighted by Crippen LogP contribution is 2.42. The van der Waals surface area contributed by atoms with Crippen LogP contribution in [0.25, 0.3) is 11.1 Å². The van der Waals surface area contributed by atoms with Crippen LogP contribution in [0.15, 0.2) is 30.3 Å². The molecule has 17 heavy (non-hydrogen) atoms. The van der Waals surface area contributed by atoms with Crippen LogP contribution in [-0.2, 0) is 0 Å². The third-order valence-electron chi connectivity index (χ3n) is 2.58. The Labute approximate surface area is 98.1 Å². The Morgan fingerprint density at radius 2 is 1.41 bits per heavy atom. The number of phenols is 2. The largest absolute Gasteiger partial charge is 0.506 e. The number of nitrogens with two attached hydrogens (primary N) is 3. The third-order valence-corrected chi connectivity index (χ3v) is 2.58. The Kier molecular flexibility index (Phi) is 2.44. The van der Waals surface area contributed by atoms with Crippen molar-refractivity contribution in [1.29, 1.82) is 0 Å². The first-order valence-electron chi connectivity index (χ1n) is 4.96. The molecule has 0 bridgehead atoms. The number of phenolic OH excluding ortho intramolecular Hbond substituents is 2. The minimum atomic E-state index is -0.308. The predicted octanol–water partition coefficient (Wildman–Crippen LogP) is 1.51. The van der Waals surface area contributed by atoms with Crippen molar-refractivity contribution in [1.82, 2.24) is 0 Å². The molecule has 2 rings (SSSR count). The van der Waals surface area contributed by atoms with Crippen LogP contribution in [0.5, 0.6) is 11.5 Å². The fourth-order valence-corrected chi connectivity index (χ4v) is 1.59. The van der Waals surface area contributed by atoms with Crippen LogP contribution in [-0.4, -0.2) is 10.2 Å². The SMILES string of the molecule is Nc1ccc(-c2cc(O)c(N)c(O)c2N)cc1. The van der Waals surface area contributed by atoms with Crippen LogP contribution in [0.4, 0.5) is 17.1 Å². The molecule has 0 aliphatic rings. The summed E-state index contributed by atoms with van der Waals surface area (Å²) < 4.78 is 0. The van der Waals surface area contributed by atoms with E-state index < -0.39 is 0 Å². The van der Waals surface area contributed by atoms with Gasteiger partial charge in [0.1, 0.15) is 11.4 Å². The van der Waals surface area contributed by atoms with Gasteiger partial charge in [-0.25, -0.2) is 0 Å². The molecule has 0 saturated carbocycles. The molecule has 2 aromatic rings. The van der Waals surface area contributed by atoms with Gasteiger partial charge in [0.25, 0.3) is 0 Å². The molecule has 0 unspecified atom stereocenters. The van der Waals surface area contributed by atoms with Gasteiger partial charge in [-0.2, -0.15) is 0 Å². The van der Waals surface area contributed by atoms with Crippen LogP contribution < -0.4 is 17.2 Å². The van der Waals surface area contributed by atoms with E-state index >= 15 is 0 Å². The van der Waals surface area contributed by atoms with Gasteiger partial charge < -0.3 is 27.4 Å². The van der Waals surface area contributed by atoms with Gasteiger partial charge in [0.05, 0.1) is 5.69 Å². The Bertz CT molecular complexity index is 565. The summed E-state index contributed by atoms with van der Waals surface area (Å²) in [7, 11) is 0. The fourth-order valence-electron chi connectivity index (χ4n) is 1.59. The lowest BCUT2D eigenvalue weighted by atomic mass is 10.0. The monoisotopic (exact) mass is 231 g/mol. The molecule has 0 amide bonds. The van der Waals surface area contributed by atoms with Gasteiger partial charge in [-0.1, -0.05) is 12.1 Å². The molecule has 0 saturated heterocycles.